The minimum atomic E-state index is -4.61. The van der Waals surface area contributed by atoms with Crippen LogP contribution in [0.25, 0.3) is 5.82 Å². The average Bonchev–Trinajstić information content (AvgIpc) is 2.96. The second-order valence-electron chi connectivity index (χ2n) is 6.42. The molecule has 0 aliphatic rings. The van der Waals surface area contributed by atoms with Gasteiger partial charge in [0, 0.05) is 18.4 Å². The number of hydrogen-bond donors (Lipinski definition) is 1. The highest BCUT2D eigenvalue weighted by molar-refractivity contribution is 7.89. The van der Waals surface area contributed by atoms with Gasteiger partial charge in [-0.1, -0.05) is 12.1 Å². The first-order valence-corrected chi connectivity index (χ1v) is 10.2. The highest BCUT2D eigenvalue weighted by atomic mass is 32.2. The average molecular weight is 424 g/mol. The maximum Gasteiger partial charge on any atom is 0.416 e. The summed E-state index contributed by atoms with van der Waals surface area (Å²) >= 11 is 0. The number of nitrogens with zero attached hydrogens (tertiary/aromatic N) is 3. The maximum absolute atomic E-state index is 12.8. The number of pyridine rings is 1. The Kier molecular flexibility index (Phi) is 5.76. The van der Waals surface area contributed by atoms with E-state index in [4.69, 9.17) is 0 Å². The van der Waals surface area contributed by atoms with Crippen LogP contribution in [0.5, 0.6) is 0 Å². The van der Waals surface area contributed by atoms with Crippen molar-refractivity contribution in [3.8, 4) is 5.82 Å². The first-order valence-electron chi connectivity index (χ1n) is 8.73. The van der Waals surface area contributed by atoms with Gasteiger partial charge < -0.3 is 0 Å². The third-order valence-corrected chi connectivity index (χ3v) is 5.90. The van der Waals surface area contributed by atoms with Crippen molar-refractivity contribution in [2.45, 2.75) is 31.3 Å². The van der Waals surface area contributed by atoms with Crippen LogP contribution in [-0.4, -0.2) is 29.7 Å². The SMILES string of the molecule is Cc1nn(-c2ccccn2)c(C)c1CCNS(=O)(=O)c1cccc(C(F)(F)F)c1. The zero-order valence-corrected chi connectivity index (χ0v) is 16.5. The zero-order chi connectivity index (χ0) is 21.2. The van der Waals surface area contributed by atoms with Crippen LogP contribution in [-0.2, 0) is 22.6 Å². The summed E-state index contributed by atoms with van der Waals surface area (Å²) in [6.07, 6.45) is -2.63. The number of sulfonamides is 1. The summed E-state index contributed by atoms with van der Waals surface area (Å²) in [5, 5.41) is 4.44. The Balaban J connectivity index is 1.74. The van der Waals surface area contributed by atoms with Gasteiger partial charge in [-0.3, -0.25) is 0 Å². The highest BCUT2D eigenvalue weighted by Crippen LogP contribution is 2.30. The van der Waals surface area contributed by atoms with Crippen LogP contribution < -0.4 is 4.72 Å². The summed E-state index contributed by atoms with van der Waals surface area (Å²) in [7, 11) is -4.07. The number of nitrogens with one attached hydrogen (secondary N) is 1. The molecule has 10 heteroatoms. The molecule has 2 heterocycles. The van der Waals surface area contributed by atoms with Crippen LogP contribution in [0.4, 0.5) is 13.2 Å². The van der Waals surface area contributed by atoms with Gasteiger partial charge in [-0.15, -0.1) is 0 Å². The number of hydrogen-bond acceptors (Lipinski definition) is 4. The number of halogens is 3. The molecule has 3 aromatic rings. The van der Waals surface area contributed by atoms with E-state index >= 15 is 0 Å². The van der Waals surface area contributed by atoms with Gasteiger partial charge in [0.1, 0.15) is 0 Å². The van der Waals surface area contributed by atoms with E-state index in [2.05, 4.69) is 14.8 Å². The van der Waals surface area contributed by atoms with E-state index in [1.165, 1.54) is 0 Å². The van der Waals surface area contributed by atoms with Gasteiger partial charge in [0.05, 0.1) is 16.2 Å². The molecule has 3 rings (SSSR count). The van der Waals surface area contributed by atoms with E-state index in [1.54, 1.807) is 23.0 Å². The van der Waals surface area contributed by atoms with Crippen molar-refractivity contribution in [2.75, 3.05) is 6.54 Å². The lowest BCUT2D eigenvalue weighted by Crippen LogP contribution is -2.26. The lowest BCUT2D eigenvalue weighted by atomic mass is 10.1. The number of aromatic nitrogens is 3. The molecule has 0 fully saturated rings. The van der Waals surface area contributed by atoms with E-state index in [0.29, 0.717) is 18.3 Å². The summed E-state index contributed by atoms with van der Waals surface area (Å²) in [5.74, 6) is 0.642. The summed E-state index contributed by atoms with van der Waals surface area (Å²) in [5.41, 5.74) is 1.39. The van der Waals surface area contributed by atoms with E-state index in [-0.39, 0.29) is 6.54 Å². The normalized spacial score (nSPS) is 12.3. The maximum atomic E-state index is 12.8. The van der Waals surface area contributed by atoms with Crippen molar-refractivity contribution >= 4 is 10.0 Å². The summed E-state index contributed by atoms with van der Waals surface area (Å²) in [6, 6.07) is 9.09. The summed E-state index contributed by atoms with van der Waals surface area (Å²) < 4.78 is 67.3. The van der Waals surface area contributed by atoms with Gasteiger partial charge in [-0.05, 0) is 56.2 Å². The molecule has 2 aromatic heterocycles. The highest BCUT2D eigenvalue weighted by Gasteiger charge is 2.31. The summed E-state index contributed by atoms with van der Waals surface area (Å²) in [4.78, 5) is 3.82. The predicted octanol–water partition coefficient (Wildman–Crippen LogP) is 3.42. The van der Waals surface area contributed by atoms with Crippen molar-refractivity contribution < 1.29 is 21.6 Å². The largest absolute Gasteiger partial charge is 0.416 e. The Morgan fingerprint density at radius 1 is 1.10 bits per heavy atom. The standard InChI is InChI=1S/C19H19F3N4O2S/c1-13-17(14(2)26(25-13)18-8-3-4-10-23-18)9-11-24-29(27,28)16-7-5-6-15(12-16)19(20,21)22/h3-8,10,12,24H,9,11H2,1-2H3. The molecule has 0 unspecified atom stereocenters. The Hall–Kier alpha value is -2.72. The minimum Gasteiger partial charge on any atom is -0.237 e. The van der Waals surface area contributed by atoms with Crippen LogP contribution >= 0.6 is 0 Å². The van der Waals surface area contributed by atoms with Gasteiger partial charge >= 0.3 is 6.18 Å². The lowest BCUT2D eigenvalue weighted by Gasteiger charge is -2.10. The Bertz CT molecular complexity index is 1110. The minimum absolute atomic E-state index is 0.0220. The van der Waals surface area contributed by atoms with E-state index in [1.807, 2.05) is 19.9 Å². The number of alkyl halides is 3. The molecule has 1 aromatic carbocycles. The van der Waals surface area contributed by atoms with Crippen molar-refractivity contribution in [2.24, 2.45) is 0 Å². The number of rotatable bonds is 6. The van der Waals surface area contributed by atoms with Gasteiger partial charge in [-0.2, -0.15) is 18.3 Å². The lowest BCUT2D eigenvalue weighted by molar-refractivity contribution is -0.137. The molecule has 6 nitrogen and oxygen atoms in total. The Labute approximate surface area is 166 Å². The van der Waals surface area contributed by atoms with Crippen LogP contribution in [0.3, 0.4) is 0 Å². The topological polar surface area (TPSA) is 76.9 Å². The second-order valence-corrected chi connectivity index (χ2v) is 8.19. The molecular formula is C19H19F3N4O2S. The van der Waals surface area contributed by atoms with Crippen LogP contribution in [0.1, 0.15) is 22.5 Å². The fourth-order valence-corrected chi connectivity index (χ4v) is 4.05. The van der Waals surface area contributed by atoms with Crippen molar-refractivity contribution in [1.82, 2.24) is 19.5 Å². The van der Waals surface area contributed by atoms with E-state index < -0.39 is 26.7 Å². The van der Waals surface area contributed by atoms with Crippen LogP contribution in [0.15, 0.2) is 53.6 Å². The predicted molar refractivity (Wildman–Crippen MR) is 101 cm³/mol. The molecule has 0 aliphatic carbocycles. The van der Waals surface area contributed by atoms with E-state index in [9.17, 15) is 21.6 Å². The molecule has 0 atom stereocenters. The number of aryl methyl sites for hydroxylation is 1. The van der Waals surface area contributed by atoms with Crippen LogP contribution in [0, 0.1) is 13.8 Å². The van der Waals surface area contributed by atoms with E-state index in [0.717, 1.165) is 35.2 Å². The molecule has 0 spiro atoms. The fraction of sp³-hybridized carbons (Fsp3) is 0.263. The fourth-order valence-electron chi connectivity index (χ4n) is 2.97. The van der Waals surface area contributed by atoms with Crippen molar-refractivity contribution in [1.29, 1.82) is 0 Å². The first kappa shape index (κ1) is 21.0. The third kappa shape index (κ3) is 4.65. The molecule has 0 saturated carbocycles. The van der Waals surface area contributed by atoms with Crippen LogP contribution in [0.2, 0.25) is 0 Å². The van der Waals surface area contributed by atoms with Crippen molar-refractivity contribution in [3.63, 3.8) is 0 Å². The molecule has 0 aliphatic heterocycles. The molecular weight excluding hydrogens is 405 g/mol. The monoisotopic (exact) mass is 424 g/mol. The van der Waals surface area contributed by atoms with Gasteiger partial charge in [-0.25, -0.2) is 22.8 Å². The molecule has 0 saturated heterocycles. The Morgan fingerprint density at radius 2 is 1.86 bits per heavy atom. The summed E-state index contributed by atoms with van der Waals surface area (Å²) in [6.45, 7) is 3.68. The zero-order valence-electron chi connectivity index (χ0n) is 15.7. The van der Waals surface area contributed by atoms with Gasteiger partial charge in [0.15, 0.2) is 5.82 Å². The van der Waals surface area contributed by atoms with Gasteiger partial charge in [0.25, 0.3) is 0 Å². The second kappa shape index (κ2) is 7.96. The Morgan fingerprint density at radius 3 is 2.52 bits per heavy atom. The van der Waals surface area contributed by atoms with Gasteiger partial charge in [0.2, 0.25) is 10.0 Å². The molecule has 154 valence electrons. The van der Waals surface area contributed by atoms with Crippen molar-refractivity contribution in [3.05, 3.63) is 71.2 Å². The quantitative estimate of drug-likeness (QED) is 0.658. The third-order valence-electron chi connectivity index (χ3n) is 4.45. The molecule has 1 N–H and O–H groups in total. The number of benzene rings is 1. The molecule has 0 radical (unpaired) electrons. The smallest absolute Gasteiger partial charge is 0.237 e. The first-order chi connectivity index (χ1) is 13.6. The molecule has 29 heavy (non-hydrogen) atoms. The molecule has 0 amide bonds. The molecule has 0 bridgehead atoms.